The van der Waals surface area contributed by atoms with E-state index < -0.39 is 0 Å². The van der Waals surface area contributed by atoms with Crippen molar-refractivity contribution in [3.05, 3.63) is 46.9 Å². The van der Waals surface area contributed by atoms with Gasteiger partial charge in [0.05, 0.1) is 11.4 Å². The molecule has 0 aliphatic carbocycles. The van der Waals surface area contributed by atoms with Crippen LogP contribution in [0.2, 0.25) is 0 Å². The van der Waals surface area contributed by atoms with E-state index in [4.69, 9.17) is 0 Å². The Balaban J connectivity index is 2.61. The zero-order valence-corrected chi connectivity index (χ0v) is 9.58. The molecule has 0 saturated heterocycles. The molecule has 0 fully saturated rings. The Morgan fingerprint density at radius 1 is 1.00 bits per heavy atom. The smallest absolute Gasteiger partial charge is 0.123 e. The molecule has 1 aromatic heterocycles. The van der Waals surface area contributed by atoms with Crippen LogP contribution in [0.15, 0.2) is 24.3 Å². The van der Waals surface area contributed by atoms with Crippen molar-refractivity contribution in [2.75, 3.05) is 0 Å². The van der Waals surface area contributed by atoms with Crippen molar-refractivity contribution in [2.24, 2.45) is 0 Å². The van der Waals surface area contributed by atoms with Gasteiger partial charge < -0.3 is 0 Å². The van der Waals surface area contributed by atoms with Gasteiger partial charge in [0.2, 0.25) is 0 Å². The van der Waals surface area contributed by atoms with Crippen molar-refractivity contribution < 1.29 is 4.39 Å². The summed E-state index contributed by atoms with van der Waals surface area (Å²) in [6, 6.07) is 6.43. The molecule has 0 atom stereocenters. The van der Waals surface area contributed by atoms with E-state index in [2.05, 4.69) is 10.2 Å². The van der Waals surface area contributed by atoms with Gasteiger partial charge in [-0.3, -0.25) is 0 Å². The van der Waals surface area contributed by atoms with Crippen LogP contribution in [-0.4, -0.2) is 10.2 Å². The van der Waals surface area contributed by atoms with Crippen molar-refractivity contribution >= 4 is 0 Å². The third kappa shape index (κ3) is 1.81. The van der Waals surface area contributed by atoms with Crippen LogP contribution >= 0.6 is 0 Å². The quantitative estimate of drug-likeness (QED) is 0.731. The molecule has 0 aliphatic heterocycles. The highest BCUT2D eigenvalue weighted by Crippen LogP contribution is 2.23. The largest absolute Gasteiger partial charge is 0.207 e. The maximum absolute atomic E-state index is 13.1. The molecule has 0 amide bonds. The zero-order valence-electron chi connectivity index (χ0n) is 9.58. The van der Waals surface area contributed by atoms with Crippen LogP contribution in [0.25, 0.3) is 11.3 Å². The maximum Gasteiger partial charge on any atom is 0.123 e. The lowest BCUT2D eigenvalue weighted by Crippen LogP contribution is -1.99. The molecule has 0 spiro atoms. The van der Waals surface area contributed by atoms with Crippen molar-refractivity contribution in [1.29, 1.82) is 0 Å². The first-order valence-electron chi connectivity index (χ1n) is 5.16. The summed E-state index contributed by atoms with van der Waals surface area (Å²) in [6.45, 7) is 5.91. The molecule has 0 radical (unpaired) electrons. The number of hydrogen-bond acceptors (Lipinski definition) is 2. The normalized spacial score (nSPS) is 10.5. The molecule has 0 bridgehead atoms. The van der Waals surface area contributed by atoms with E-state index >= 15 is 0 Å². The van der Waals surface area contributed by atoms with E-state index in [1.807, 2.05) is 26.8 Å². The number of nitrogens with zero attached hydrogens (tertiary/aromatic N) is 2. The number of benzene rings is 1. The van der Waals surface area contributed by atoms with Gasteiger partial charge in [-0.05, 0) is 44.0 Å². The van der Waals surface area contributed by atoms with Crippen LogP contribution in [0.1, 0.15) is 16.8 Å². The van der Waals surface area contributed by atoms with Gasteiger partial charge in [0.15, 0.2) is 0 Å². The summed E-state index contributed by atoms with van der Waals surface area (Å²) < 4.78 is 13.1. The molecular formula is C13H13FN2. The van der Waals surface area contributed by atoms with Gasteiger partial charge in [-0.2, -0.15) is 5.10 Å². The predicted octanol–water partition coefficient (Wildman–Crippen LogP) is 3.21. The first-order valence-corrected chi connectivity index (χ1v) is 5.16. The van der Waals surface area contributed by atoms with Gasteiger partial charge >= 0.3 is 0 Å². The third-order valence-corrected chi connectivity index (χ3v) is 2.86. The Kier molecular flexibility index (Phi) is 2.69. The number of aryl methyl sites for hydroxylation is 1. The summed E-state index contributed by atoms with van der Waals surface area (Å²) >= 11 is 0. The minimum Gasteiger partial charge on any atom is -0.207 e. The van der Waals surface area contributed by atoms with Crippen LogP contribution in [0, 0.1) is 26.6 Å². The molecule has 0 N–H and O–H groups in total. The van der Waals surface area contributed by atoms with Crippen molar-refractivity contribution in [2.45, 2.75) is 20.8 Å². The molecule has 0 aliphatic rings. The van der Waals surface area contributed by atoms with Crippen molar-refractivity contribution in [3.63, 3.8) is 0 Å². The van der Waals surface area contributed by atoms with Gasteiger partial charge in [-0.25, -0.2) is 4.39 Å². The lowest BCUT2D eigenvalue weighted by molar-refractivity contribution is 0.628. The fourth-order valence-electron chi connectivity index (χ4n) is 1.63. The molecule has 16 heavy (non-hydrogen) atoms. The number of aromatic nitrogens is 2. The Morgan fingerprint density at radius 3 is 2.44 bits per heavy atom. The molecular weight excluding hydrogens is 203 g/mol. The molecule has 82 valence electrons. The average Bonchev–Trinajstić information content (AvgIpc) is 2.26. The highest BCUT2D eigenvalue weighted by atomic mass is 19.1. The molecule has 0 saturated carbocycles. The molecule has 2 nitrogen and oxygen atoms in total. The minimum atomic E-state index is -0.253. The molecule has 1 heterocycles. The molecule has 2 rings (SSSR count). The third-order valence-electron chi connectivity index (χ3n) is 2.86. The van der Waals surface area contributed by atoms with Gasteiger partial charge in [-0.15, -0.1) is 5.10 Å². The summed E-state index contributed by atoms with van der Waals surface area (Å²) in [7, 11) is 0. The Hall–Kier alpha value is -1.77. The highest BCUT2D eigenvalue weighted by Gasteiger charge is 2.09. The lowest BCUT2D eigenvalue weighted by Gasteiger charge is -2.08. The summed E-state index contributed by atoms with van der Waals surface area (Å²) in [5.41, 5.74) is 4.60. The lowest BCUT2D eigenvalue weighted by atomic mass is 10.0. The minimum absolute atomic E-state index is 0.253. The Bertz CT molecular complexity index is 535. The van der Waals surface area contributed by atoms with Gasteiger partial charge in [0.1, 0.15) is 5.82 Å². The summed E-state index contributed by atoms with van der Waals surface area (Å²) in [4.78, 5) is 0. The summed E-state index contributed by atoms with van der Waals surface area (Å²) in [5.74, 6) is -0.253. The van der Waals surface area contributed by atoms with E-state index in [9.17, 15) is 4.39 Å². The van der Waals surface area contributed by atoms with Crippen molar-refractivity contribution in [1.82, 2.24) is 10.2 Å². The van der Waals surface area contributed by atoms with Crippen LogP contribution in [0.5, 0.6) is 0 Å². The molecule has 1 aromatic carbocycles. The first-order chi connectivity index (χ1) is 7.59. The monoisotopic (exact) mass is 216 g/mol. The Labute approximate surface area is 94.2 Å². The van der Waals surface area contributed by atoms with E-state index in [1.165, 1.54) is 12.1 Å². The average molecular weight is 216 g/mol. The van der Waals surface area contributed by atoms with Crippen LogP contribution in [0.3, 0.4) is 0 Å². The second-order valence-electron chi connectivity index (χ2n) is 3.89. The Morgan fingerprint density at radius 2 is 1.75 bits per heavy atom. The van der Waals surface area contributed by atoms with Crippen LogP contribution in [-0.2, 0) is 0 Å². The van der Waals surface area contributed by atoms with E-state index in [0.717, 1.165) is 28.1 Å². The maximum atomic E-state index is 13.1. The fourth-order valence-corrected chi connectivity index (χ4v) is 1.63. The number of rotatable bonds is 1. The van der Waals surface area contributed by atoms with Gasteiger partial charge in [-0.1, -0.05) is 12.1 Å². The van der Waals surface area contributed by atoms with E-state index in [0.29, 0.717) is 0 Å². The predicted molar refractivity (Wildman–Crippen MR) is 61.6 cm³/mol. The van der Waals surface area contributed by atoms with Crippen LogP contribution in [0.4, 0.5) is 4.39 Å². The van der Waals surface area contributed by atoms with E-state index in [1.54, 1.807) is 6.07 Å². The SMILES string of the molecule is Cc1nnc(-c2cccc(F)c2)c(C)c1C. The van der Waals surface area contributed by atoms with Gasteiger partial charge in [0.25, 0.3) is 0 Å². The van der Waals surface area contributed by atoms with Crippen molar-refractivity contribution in [3.8, 4) is 11.3 Å². The standard InChI is InChI=1S/C13H13FN2/c1-8-9(2)13(16-15-10(8)3)11-5-4-6-12(14)7-11/h4-7H,1-3H3. The summed E-state index contributed by atoms with van der Waals surface area (Å²) in [6.07, 6.45) is 0. The topological polar surface area (TPSA) is 25.8 Å². The van der Waals surface area contributed by atoms with Gasteiger partial charge in [0, 0.05) is 5.56 Å². The molecule has 2 aromatic rings. The first kappa shape index (κ1) is 10.7. The second kappa shape index (κ2) is 4.00. The molecule has 3 heteroatoms. The zero-order chi connectivity index (χ0) is 11.7. The summed E-state index contributed by atoms with van der Waals surface area (Å²) in [5, 5.41) is 8.21. The second-order valence-corrected chi connectivity index (χ2v) is 3.89. The highest BCUT2D eigenvalue weighted by molar-refractivity contribution is 5.63. The number of hydrogen-bond donors (Lipinski definition) is 0. The number of halogens is 1. The van der Waals surface area contributed by atoms with Crippen LogP contribution < -0.4 is 0 Å². The fraction of sp³-hybridized carbons (Fsp3) is 0.231. The van der Waals surface area contributed by atoms with E-state index in [-0.39, 0.29) is 5.82 Å². The molecule has 0 unspecified atom stereocenters.